The molecule has 0 spiro atoms. The Bertz CT molecular complexity index is 1030. The second kappa shape index (κ2) is 6.20. The highest BCUT2D eigenvalue weighted by atomic mass is 16.1. The molecule has 0 aliphatic carbocycles. The molecule has 4 rings (SSSR count). The van der Waals surface area contributed by atoms with Crippen molar-refractivity contribution in [2.24, 2.45) is 7.05 Å². The third-order valence-corrected chi connectivity index (χ3v) is 4.09. The predicted molar refractivity (Wildman–Crippen MR) is 93.2 cm³/mol. The van der Waals surface area contributed by atoms with E-state index < -0.39 is 0 Å². The monoisotopic (exact) mass is 332 g/mol. The molecule has 2 heterocycles. The van der Waals surface area contributed by atoms with Gasteiger partial charge in [-0.15, -0.1) is 5.10 Å². The molecule has 0 atom stereocenters. The number of para-hydroxylation sites is 1. The van der Waals surface area contributed by atoms with E-state index in [2.05, 4.69) is 20.6 Å². The molecule has 4 aromatic rings. The highest BCUT2D eigenvalue weighted by Crippen LogP contribution is 2.15. The number of aryl methyl sites for hydroxylation is 1. The van der Waals surface area contributed by atoms with Gasteiger partial charge in [-0.05, 0) is 29.8 Å². The summed E-state index contributed by atoms with van der Waals surface area (Å²) in [5, 5.41) is 11.0. The average molecular weight is 332 g/mol. The van der Waals surface area contributed by atoms with Crippen LogP contribution in [0.25, 0.3) is 16.7 Å². The summed E-state index contributed by atoms with van der Waals surface area (Å²) < 4.78 is 3.60. The van der Waals surface area contributed by atoms with Gasteiger partial charge >= 0.3 is 0 Å². The Balaban J connectivity index is 1.54. The smallest absolute Gasteiger partial charge is 0.251 e. The lowest BCUT2D eigenvalue weighted by Gasteiger charge is -2.11. The third-order valence-electron chi connectivity index (χ3n) is 4.09. The minimum Gasteiger partial charge on any atom is -0.348 e. The molecule has 25 heavy (non-hydrogen) atoms. The predicted octanol–water partition coefficient (Wildman–Crippen LogP) is 2.08. The van der Waals surface area contributed by atoms with Gasteiger partial charge in [0, 0.05) is 31.5 Å². The lowest BCUT2D eigenvalue weighted by molar-refractivity contribution is 0.0951. The van der Waals surface area contributed by atoms with Crippen molar-refractivity contribution in [3.05, 3.63) is 72.3 Å². The molecule has 0 bridgehead atoms. The zero-order valence-electron chi connectivity index (χ0n) is 13.6. The SMILES string of the molecule is Cn1nnc2cc(C(=O)NCc3ccccc3-n3ccnc3)ccc21. The summed E-state index contributed by atoms with van der Waals surface area (Å²) in [6.45, 7) is 0.422. The van der Waals surface area contributed by atoms with Crippen molar-refractivity contribution in [1.82, 2.24) is 29.9 Å². The van der Waals surface area contributed by atoms with E-state index in [1.54, 1.807) is 29.3 Å². The number of nitrogens with zero attached hydrogens (tertiary/aromatic N) is 5. The normalized spacial score (nSPS) is 10.9. The Labute approximate surface area is 143 Å². The van der Waals surface area contributed by atoms with E-state index in [-0.39, 0.29) is 5.91 Å². The maximum Gasteiger partial charge on any atom is 0.251 e. The first-order valence-corrected chi connectivity index (χ1v) is 7.86. The van der Waals surface area contributed by atoms with E-state index in [4.69, 9.17) is 0 Å². The van der Waals surface area contributed by atoms with Crippen molar-refractivity contribution in [3.8, 4) is 5.69 Å². The minimum absolute atomic E-state index is 0.145. The summed E-state index contributed by atoms with van der Waals surface area (Å²) in [7, 11) is 1.82. The molecule has 1 N–H and O–H groups in total. The highest BCUT2D eigenvalue weighted by Gasteiger charge is 2.10. The van der Waals surface area contributed by atoms with E-state index in [0.717, 1.165) is 16.8 Å². The molecule has 2 aromatic heterocycles. The van der Waals surface area contributed by atoms with Crippen LogP contribution in [0.2, 0.25) is 0 Å². The minimum atomic E-state index is -0.145. The number of nitrogens with one attached hydrogen (secondary N) is 1. The van der Waals surface area contributed by atoms with Gasteiger partial charge in [-0.1, -0.05) is 23.4 Å². The number of carbonyl (C=O) groups is 1. The molecule has 0 saturated carbocycles. The van der Waals surface area contributed by atoms with Crippen LogP contribution in [0, 0.1) is 0 Å². The number of fused-ring (bicyclic) bond motifs is 1. The number of aromatic nitrogens is 5. The van der Waals surface area contributed by atoms with Gasteiger partial charge in [0.2, 0.25) is 0 Å². The quantitative estimate of drug-likeness (QED) is 0.621. The topological polar surface area (TPSA) is 77.6 Å². The van der Waals surface area contributed by atoms with Crippen LogP contribution in [-0.2, 0) is 13.6 Å². The zero-order chi connectivity index (χ0) is 17.2. The maximum absolute atomic E-state index is 12.5. The zero-order valence-corrected chi connectivity index (χ0v) is 13.6. The maximum atomic E-state index is 12.5. The first kappa shape index (κ1) is 15.1. The summed E-state index contributed by atoms with van der Waals surface area (Å²) in [5.41, 5.74) is 4.16. The van der Waals surface area contributed by atoms with Crippen LogP contribution in [0.4, 0.5) is 0 Å². The molecule has 0 aliphatic heterocycles. The standard InChI is InChI=1S/C18H16N6O/c1-23-17-7-6-13(10-15(17)21-22-23)18(25)20-11-14-4-2-3-5-16(14)24-9-8-19-12-24/h2-10,12H,11H2,1H3,(H,20,25). The van der Waals surface area contributed by atoms with Gasteiger partial charge in [0.1, 0.15) is 5.52 Å². The van der Waals surface area contributed by atoms with Gasteiger partial charge in [0.05, 0.1) is 17.5 Å². The van der Waals surface area contributed by atoms with Gasteiger partial charge in [0.15, 0.2) is 0 Å². The first-order chi connectivity index (χ1) is 12.2. The fourth-order valence-electron chi connectivity index (χ4n) is 2.77. The number of carbonyl (C=O) groups excluding carboxylic acids is 1. The van der Waals surface area contributed by atoms with Crippen LogP contribution in [0.5, 0.6) is 0 Å². The van der Waals surface area contributed by atoms with E-state index in [1.807, 2.05) is 48.1 Å². The van der Waals surface area contributed by atoms with Gasteiger partial charge < -0.3 is 9.88 Å². The Morgan fingerprint density at radius 3 is 2.92 bits per heavy atom. The fraction of sp³-hybridized carbons (Fsp3) is 0.111. The summed E-state index contributed by atoms with van der Waals surface area (Å²) in [6, 6.07) is 13.3. The van der Waals surface area contributed by atoms with Crippen molar-refractivity contribution >= 4 is 16.9 Å². The lowest BCUT2D eigenvalue weighted by atomic mass is 10.1. The average Bonchev–Trinajstić information content (AvgIpc) is 3.30. The van der Waals surface area contributed by atoms with E-state index in [1.165, 1.54) is 0 Å². The van der Waals surface area contributed by atoms with Crippen molar-refractivity contribution in [3.63, 3.8) is 0 Å². The number of hydrogen-bond acceptors (Lipinski definition) is 4. The second-order valence-corrected chi connectivity index (χ2v) is 5.70. The van der Waals surface area contributed by atoms with Crippen molar-refractivity contribution in [2.45, 2.75) is 6.54 Å². The van der Waals surface area contributed by atoms with E-state index >= 15 is 0 Å². The summed E-state index contributed by atoms with van der Waals surface area (Å²) in [6.07, 6.45) is 5.34. The molecular formula is C18H16N6O. The van der Waals surface area contributed by atoms with Gasteiger partial charge in [0.25, 0.3) is 5.91 Å². The molecule has 0 saturated heterocycles. The van der Waals surface area contributed by atoms with E-state index in [0.29, 0.717) is 17.6 Å². The largest absolute Gasteiger partial charge is 0.348 e. The van der Waals surface area contributed by atoms with Gasteiger partial charge in [-0.25, -0.2) is 9.67 Å². The van der Waals surface area contributed by atoms with Crippen LogP contribution < -0.4 is 5.32 Å². The molecule has 0 fully saturated rings. The Morgan fingerprint density at radius 2 is 2.08 bits per heavy atom. The molecule has 0 radical (unpaired) electrons. The molecule has 0 aliphatic rings. The Kier molecular flexibility index (Phi) is 3.74. The molecule has 7 nitrogen and oxygen atoms in total. The molecular weight excluding hydrogens is 316 g/mol. The second-order valence-electron chi connectivity index (χ2n) is 5.70. The van der Waals surface area contributed by atoms with E-state index in [9.17, 15) is 4.79 Å². The van der Waals surface area contributed by atoms with Crippen LogP contribution in [0.3, 0.4) is 0 Å². The number of benzene rings is 2. The van der Waals surface area contributed by atoms with Crippen LogP contribution in [0.1, 0.15) is 15.9 Å². The molecule has 7 heteroatoms. The number of imidazole rings is 1. The summed E-state index contributed by atoms with van der Waals surface area (Å²) in [4.78, 5) is 16.6. The van der Waals surface area contributed by atoms with Crippen molar-refractivity contribution in [1.29, 1.82) is 0 Å². The fourth-order valence-corrected chi connectivity index (χ4v) is 2.77. The van der Waals surface area contributed by atoms with Gasteiger partial charge in [-0.3, -0.25) is 4.79 Å². The van der Waals surface area contributed by atoms with Crippen LogP contribution in [-0.4, -0.2) is 30.5 Å². The molecule has 124 valence electrons. The third kappa shape index (κ3) is 2.87. The summed E-state index contributed by atoms with van der Waals surface area (Å²) in [5.74, 6) is -0.145. The van der Waals surface area contributed by atoms with Crippen molar-refractivity contribution in [2.75, 3.05) is 0 Å². The highest BCUT2D eigenvalue weighted by molar-refractivity contribution is 5.97. The Morgan fingerprint density at radius 1 is 1.20 bits per heavy atom. The number of amides is 1. The van der Waals surface area contributed by atoms with Gasteiger partial charge in [-0.2, -0.15) is 0 Å². The molecule has 0 unspecified atom stereocenters. The summed E-state index contributed by atoms with van der Waals surface area (Å²) >= 11 is 0. The molecule has 2 aromatic carbocycles. The van der Waals surface area contributed by atoms with Crippen molar-refractivity contribution < 1.29 is 4.79 Å². The van der Waals surface area contributed by atoms with Crippen LogP contribution in [0.15, 0.2) is 61.2 Å². The van der Waals surface area contributed by atoms with Crippen LogP contribution >= 0.6 is 0 Å². The molecule has 1 amide bonds. The number of hydrogen-bond donors (Lipinski definition) is 1. The Hall–Kier alpha value is -3.48. The number of rotatable bonds is 4. The first-order valence-electron chi connectivity index (χ1n) is 7.86. The lowest BCUT2D eigenvalue weighted by Crippen LogP contribution is -2.23.